The molecule has 0 saturated carbocycles. The van der Waals surface area contributed by atoms with Crippen LogP contribution < -0.4 is 10.6 Å². The molecule has 4 nitrogen and oxygen atoms in total. The molecule has 1 aromatic carbocycles. The lowest BCUT2D eigenvalue weighted by Gasteiger charge is -2.11. The van der Waals surface area contributed by atoms with Gasteiger partial charge in [0.2, 0.25) is 5.91 Å². The van der Waals surface area contributed by atoms with Gasteiger partial charge in [0.05, 0.1) is 4.88 Å². The van der Waals surface area contributed by atoms with Gasteiger partial charge in [0.25, 0.3) is 5.91 Å². The Labute approximate surface area is 128 Å². The fourth-order valence-electron chi connectivity index (χ4n) is 1.73. The van der Waals surface area contributed by atoms with Crippen LogP contribution in [0.3, 0.4) is 0 Å². The van der Waals surface area contributed by atoms with E-state index in [-0.39, 0.29) is 17.7 Å². The van der Waals surface area contributed by atoms with Gasteiger partial charge in [0.1, 0.15) is 0 Å². The number of carbonyl (C=O) groups excluding carboxylic acids is 2. The number of benzene rings is 1. The van der Waals surface area contributed by atoms with Crippen LogP contribution in [-0.4, -0.2) is 11.8 Å². The lowest BCUT2D eigenvalue weighted by molar-refractivity contribution is -0.119. The highest BCUT2D eigenvalue weighted by Crippen LogP contribution is 2.18. The largest absolute Gasteiger partial charge is 0.326 e. The molecule has 0 unspecified atom stereocenters. The smallest absolute Gasteiger partial charge is 0.265 e. The fourth-order valence-corrected chi connectivity index (χ4v) is 2.34. The minimum Gasteiger partial charge on any atom is -0.326 e. The van der Waals surface area contributed by atoms with E-state index in [1.807, 2.05) is 25.3 Å². The van der Waals surface area contributed by atoms with E-state index in [1.165, 1.54) is 11.3 Å². The lowest BCUT2D eigenvalue weighted by Crippen LogP contribution is -2.19. The average Bonchev–Trinajstić information content (AvgIpc) is 3.01. The molecule has 2 aromatic rings. The minimum atomic E-state index is -0.143. The predicted molar refractivity (Wildman–Crippen MR) is 86.8 cm³/mol. The Hall–Kier alpha value is -2.14. The lowest BCUT2D eigenvalue weighted by atomic mass is 10.1. The first-order chi connectivity index (χ1) is 10.1. The molecule has 1 atom stereocenters. The maximum absolute atomic E-state index is 12.0. The molecule has 2 N–H and O–H groups in total. The van der Waals surface area contributed by atoms with Crippen molar-refractivity contribution in [1.82, 2.24) is 0 Å². The summed E-state index contributed by atoms with van der Waals surface area (Å²) in [5.74, 6) is -0.191. The van der Waals surface area contributed by atoms with Crippen molar-refractivity contribution in [3.8, 4) is 0 Å². The molecule has 2 rings (SSSR count). The molecule has 1 aromatic heterocycles. The van der Waals surface area contributed by atoms with E-state index in [1.54, 1.807) is 30.3 Å². The molecule has 2 amide bonds. The first-order valence-electron chi connectivity index (χ1n) is 6.86. The summed E-state index contributed by atoms with van der Waals surface area (Å²) in [6.07, 6.45) is 0.792. The third-order valence-electron chi connectivity index (χ3n) is 3.19. The van der Waals surface area contributed by atoms with Gasteiger partial charge in [-0.1, -0.05) is 26.0 Å². The Morgan fingerprint density at radius 1 is 1.14 bits per heavy atom. The summed E-state index contributed by atoms with van der Waals surface area (Å²) in [4.78, 5) is 24.5. The van der Waals surface area contributed by atoms with Gasteiger partial charge in [-0.3, -0.25) is 9.59 Å². The number of rotatable bonds is 5. The molecular weight excluding hydrogens is 284 g/mol. The third kappa shape index (κ3) is 4.16. The molecule has 0 aliphatic carbocycles. The van der Waals surface area contributed by atoms with Crippen molar-refractivity contribution in [2.45, 2.75) is 20.3 Å². The van der Waals surface area contributed by atoms with Gasteiger partial charge in [0, 0.05) is 17.3 Å². The summed E-state index contributed by atoms with van der Waals surface area (Å²) in [6.45, 7) is 3.86. The number of hydrogen-bond donors (Lipinski definition) is 2. The summed E-state index contributed by atoms with van der Waals surface area (Å²) in [6, 6.07) is 10.8. The second-order valence-corrected chi connectivity index (χ2v) is 5.76. The molecule has 0 fully saturated rings. The first kappa shape index (κ1) is 15.3. The zero-order valence-electron chi connectivity index (χ0n) is 12.1. The van der Waals surface area contributed by atoms with Crippen molar-refractivity contribution in [2.24, 2.45) is 5.92 Å². The number of nitrogens with one attached hydrogen (secondary N) is 2. The van der Waals surface area contributed by atoms with Crippen LogP contribution in [0.1, 0.15) is 29.9 Å². The molecule has 0 spiro atoms. The summed E-state index contributed by atoms with van der Waals surface area (Å²) in [7, 11) is 0. The average molecular weight is 302 g/mol. The van der Waals surface area contributed by atoms with Gasteiger partial charge >= 0.3 is 0 Å². The van der Waals surface area contributed by atoms with Crippen LogP contribution in [0.25, 0.3) is 0 Å². The van der Waals surface area contributed by atoms with Crippen LogP contribution in [-0.2, 0) is 4.79 Å². The number of thiophene rings is 1. The second kappa shape index (κ2) is 7.04. The van der Waals surface area contributed by atoms with E-state index in [9.17, 15) is 9.59 Å². The summed E-state index contributed by atoms with van der Waals surface area (Å²) in [5.41, 5.74) is 1.35. The maximum atomic E-state index is 12.0. The quantitative estimate of drug-likeness (QED) is 0.877. The summed E-state index contributed by atoms with van der Waals surface area (Å²) < 4.78 is 0. The second-order valence-electron chi connectivity index (χ2n) is 4.81. The Balaban J connectivity index is 2.04. The Morgan fingerprint density at radius 2 is 1.86 bits per heavy atom. The number of carbonyl (C=O) groups is 2. The normalized spacial score (nSPS) is 11.7. The number of anilines is 2. The van der Waals surface area contributed by atoms with Crippen LogP contribution in [0.15, 0.2) is 41.8 Å². The van der Waals surface area contributed by atoms with Crippen molar-refractivity contribution in [2.75, 3.05) is 10.6 Å². The van der Waals surface area contributed by atoms with Gasteiger partial charge in [0.15, 0.2) is 0 Å². The molecule has 0 bridgehead atoms. The van der Waals surface area contributed by atoms with E-state index in [0.717, 1.165) is 6.42 Å². The summed E-state index contributed by atoms with van der Waals surface area (Å²) >= 11 is 1.39. The maximum Gasteiger partial charge on any atom is 0.265 e. The zero-order valence-corrected chi connectivity index (χ0v) is 12.9. The van der Waals surface area contributed by atoms with Gasteiger partial charge in [-0.15, -0.1) is 11.3 Å². The van der Waals surface area contributed by atoms with E-state index < -0.39 is 0 Å². The van der Waals surface area contributed by atoms with Gasteiger partial charge < -0.3 is 10.6 Å². The van der Waals surface area contributed by atoms with E-state index in [4.69, 9.17) is 0 Å². The van der Waals surface area contributed by atoms with E-state index in [0.29, 0.717) is 16.3 Å². The predicted octanol–water partition coefficient (Wildman–Crippen LogP) is 3.99. The molecule has 21 heavy (non-hydrogen) atoms. The van der Waals surface area contributed by atoms with Crippen LogP contribution in [0, 0.1) is 5.92 Å². The molecule has 110 valence electrons. The topological polar surface area (TPSA) is 58.2 Å². The number of hydrogen-bond acceptors (Lipinski definition) is 3. The highest BCUT2D eigenvalue weighted by Gasteiger charge is 2.11. The van der Waals surface area contributed by atoms with Crippen LogP contribution in [0.2, 0.25) is 0 Å². The molecular formula is C16H18N2O2S. The van der Waals surface area contributed by atoms with E-state index in [2.05, 4.69) is 10.6 Å². The monoisotopic (exact) mass is 302 g/mol. The standard InChI is InChI=1S/C16H18N2O2S/c1-3-11(2)15(19)17-12-6-4-7-13(10-12)18-16(20)14-8-5-9-21-14/h4-11H,3H2,1-2H3,(H,17,19)(H,18,20)/t11-/m1/s1. The van der Waals surface area contributed by atoms with Gasteiger partial charge in [-0.25, -0.2) is 0 Å². The number of amides is 2. The van der Waals surface area contributed by atoms with Crippen molar-refractivity contribution in [3.05, 3.63) is 46.7 Å². The molecule has 0 aliphatic heterocycles. The SMILES string of the molecule is CC[C@@H](C)C(=O)Nc1cccc(NC(=O)c2cccs2)c1. The highest BCUT2D eigenvalue weighted by atomic mass is 32.1. The molecule has 5 heteroatoms. The zero-order chi connectivity index (χ0) is 15.2. The first-order valence-corrected chi connectivity index (χ1v) is 7.74. The molecule has 0 aliphatic rings. The highest BCUT2D eigenvalue weighted by molar-refractivity contribution is 7.12. The Morgan fingerprint density at radius 3 is 2.48 bits per heavy atom. The van der Waals surface area contributed by atoms with Crippen LogP contribution >= 0.6 is 11.3 Å². The van der Waals surface area contributed by atoms with Crippen molar-refractivity contribution < 1.29 is 9.59 Å². The Kier molecular flexibility index (Phi) is 5.11. The van der Waals surface area contributed by atoms with Crippen LogP contribution in [0.4, 0.5) is 11.4 Å². The fraction of sp³-hybridized carbons (Fsp3) is 0.250. The molecule has 0 radical (unpaired) electrons. The van der Waals surface area contributed by atoms with E-state index >= 15 is 0 Å². The molecule has 0 saturated heterocycles. The van der Waals surface area contributed by atoms with Crippen LogP contribution in [0.5, 0.6) is 0 Å². The van der Waals surface area contributed by atoms with Crippen molar-refractivity contribution in [3.63, 3.8) is 0 Å². The third-order valence-corrected chi connectivity index (χ3v) is 4.06. The minimum absolute atomic E-state index is 0.0146. The van der Waals surface area contributed by atoms with Gasteiger partial charge in [-0.05, 0) is 36.1 Å². The molecule has 1 heterocycles. The Bertz CT molecular complexity index is 623. The van der Waals surface area contributed by atoms with Crippen molar-refractivity contribution in [1.29, 1.82) is 0 Å². The summed E-state index contributed by atoms with van der Waals surface area (Å²) in [5, 5.41) is 7.53. The van der Waals surface area contributed by atoms with Crippen molar-refractivity contribution >= 4 is 34.5 Å². The van der Waals surface area contributed by atoms with Gasteiger partial charge in [-0.2, -0.15) is 0 Å².